The fraction of sp³-hybridized carbons (Fsp3) is 0.471. The van der Waals surface area contributed by atoms with Crippen LogP contribution in [-0.4, -0.2) is 39.9 Å². The number of carboxylic acid groups (broad SMARTS) is 1. The van der Waals surface area contributed by atoms with E-state index in [0.29, 0.717) is 12.1 Å². The minimum absolute atomic E-state index is 0.196. The van der Waals surface area contributed by atoms with Crippen molar-refractivity contribution in [3.63, 3.8) is 0 Å². The number of amides is 2. The molecule has 6 nitrogen and oxygen atoms in total. The highest BCUT2D eigenvalue weighted by Gasteiger charge is 2.43. The van der Waals surface area contributed by atoms with Crippen molar-refractivity contribution in [2.45, 2.75) is 46.3 Å². The molecule has 0 saturated carbocycles. The quantitative estimate of drug-likeness (QED) is 0.883. The molecule has 23 heavy (non-hydrogen) atoms. The summed E-state index contributed by atoms with van der Waals surface area (Å²) >= 11 is 0. The maximum Gasteiger partial charge on any atom is 0.325 e. The van der Waals surface area contributed by atoms with Crippen LogP contribution in [0.5, 0.6) is 0 Å². The van der Waals surface area contributed by atoms with Gasteiger partial charge < -0.3 is 15.3 Å². The van der Waals surface area contributed by atoms with Crippen molar-refractivity contribution < 1.29 is 19.5 Å². The molecule has 2 rings (SSSR count). The van der Waals surface area contributed by atoms with Crippen LogP contribution in [0.4, 0.5) is 0 Å². The second kappa shape index (κ2) is 6.02. The van der Waals surface area contributed by atoms with Gasteiger partial charge in [0.15, 0.2) is 0 Å². The zero-order chi connectivity index (χ0) is 17.4. The maximum absolute atomic E-state index is 12.6. The lowest BCUT2D eigenvalue weighted by Gasteiger charge is -2.37. The molecule has 2 atom stereocenters. The standard InChI is InChI=1S/C17H22N2O4/c1-10(16(22)23)18-14(20)13(17(2,3)4)19-9-11-7-5-6-8-12(11)15(19)21/h5-8,10,13H,9H2,1-4H3,(H,18,20)(H,22,23)/t10-,13+/m0/s1. The number of benzene rings is 1. The van der Waals surface area contributed by atoms with E-state index in [4.69, 9.17) is 5.11 Å². The molecule has 2 N–H and O–H groups in total. The molecule has 1 aromatic rings. The van der Waals surface area contributed by atoms with Crippen LogP contribution in [0.25, 0.3) is 0 Å². The molecule has 6 heteroatoms. The number of hydrogen-bond donors (Lipinski definition) is 2. The number of rotatable bonds is 4. The smallest absolute Gasteiger partial charge is 0.325 e. The van der Waals surface area contributed by atoms with E-state index in [-0.39, 0.29) is 5.91 Å². The topological polar surface area (TPSA) is 86.7 Å². The van der Waals surface area contributed by atoms with Gasteiger partial charge in [-0.05, 0) is 24.0 Å². The van der Waals surface area contributed by atoms with E-state index < -0.39 is 29.4 Å². The first kappa shape index (κ1) is 17.0. The van der Waals surface area contributed by atoms with Gasteiger partial charge in [-0.15, -0.1) is 0 Å². The average Bonchev–Trinajstić information content (AvgIpc) is 2.75. The third kappa shape index (κ3) is 3.36. The number of fused-ring (bicyclic) bond motifs is 1. The maximum atomic E-state index is 12.6. The Balaban J connectivity index is 2.30. The molecule has 0 unspecified atom stereocenters. The van der Waals surface area contributed by atoms with Gasteiger partial charge in [-0.1, -0.05) is 39.0 Å². The van der Waals surface area contributed by atoms with Crippen LogP contribution in [-0.2, 0) is 16.1 Å². The Bertz CT molecular complexity index is 648. The third-order valence-electron chi connectivity index (χ3n) is 3.96. The summed E-state index contributed by atoms with van der Waals surface area (Å²) in [6.07, 6.45) is 0. The predicted octanol–water partition coefficient (Wildman–Crippen LogP) is 1.65. The zero-order valence-electron chi connectivity index (χ0n) is 13.8. The van der Waals surface area contributed by atoms with E-state index in [0.717, 1.165) is 5.56 Å². The second-order valence-electron chi connectivity index (χ2n) is 6.93. The van der Waals surface area contributed by atoms with Gasteiger partial charge in [0.05, 0.1) is 0 Å². The molecular weight excluding hydrogens is 296 g/mol. The van der Waals surface area contributed by atoms with Gasteiger partial charge in [0.2, 0.25) is 5.91 Å². The Morgan fingerprint density at radius 1 is 1.26 bits per heavy atom. The van der Waals surface area contributed by atoms with Gasteiger partial charge in [-0.3, -0.25) is 14.4 Å². The highest BCUT2D eigenvalue weighted by atomic mass is 16.4. The summed E-state index contributed by atoms with van der Waals surface area (Å²) < 4.78 is 0. The van der Waals surface area contributed by atoms with E-state index in [9.17, 15) is 14.4 Å². The van der Waals surface area contributed by atoms with E-state index in [2.05, 4.69) is 5.32 Å². The lowest BCUT2D eigenvalue weighted by atomic mass is 9.84. The molecule has 0 fully saturated rings. The first-order valence-corrected chi connectivity index (χ1v) is 7.55. The third-order valence-corrected chi connectivity index (χ3v) is 3.96. The Morgan fingerprint density at radius 2 is 1.87 bits per heavy atom. The summed E-state index contributed by atoms with van der Waals surface area (Å²) in [6, 6.07) is 5.50. The van der Waals surface area contributed by atoms with Crippen LogP contribution in [0, 0.1) is 5.41 Å². The van der Waals surface area contributed by atoms with Gasteiger partial charge in [0.1, 0.15) is 12.1 Å². The van der Waals surface area contributed by atoms with Crippen LogP contribution in [0.2, 0.25) is 0 Å². The van der Waals surface area contributed by atoms with Crippen molar-refractivity contribution in [3.8, 4) is 0 Å². The number of carbonyl (C=O) groups excluding carboxylic acids is 2. The molecule has 1 aromatic carbocycles. The molecule has 0 bridgehead atoms. The van der Waals surface area contributed by atoms with Gasteiger partial charge >= 0.3 is 5.97 Å². The summed E-state index contributed by atoms with van der Waals surface area (Å²) in [5.74, 6) is -1.76. The van der Waals surface area contributed by atoms with E-state index in [1.165, 1.54) is 11.8 Å². The van der Waals surface area contributed by atoms with Gasteiger partial charge in [0.25, 0.3) is 5.91 Å². The Labute approximate surface area is 135 Å². The van der Waals surface area contributed by atoms with Gasteiger partial charge in [0, 0.05) is 12.1 Å². The van der Waals surface area contributed by atoms with Gasteiger partial charge in [-0.25, -0.2) is 0 Å². The number of nitrogens with one attached hydrogen (secondary N) is 1. The first-order chi connectivity index (χ1) is 10.6. The molecule has 0 aromatic heterocycles. The van der Waals surface area contributed by atoms with Crippen LogP contribution >= 0.6 is 0 Å². The summed E-state index contributed by atoms with van der Waals surface area (Å²) in [6.45, 7) is 7.34. The lowest BCUT2D eigenvalue weighted by molar-refractivity contribution is -0.142. The summed E-state index contributed by atoms with van der Waals surface area (Å²) in [5, 5.41) is 11.5. The number of aliphatic carboxylic acids is 1. The number of carbonyl (C=O) groups is 3. The van der Waals surface area contributed by atoms with E-state index in [1.807, 2.05) is 32.9 Å². The Morgan fingerprint density at radius 3 is 2.39 bits per heavy atom. The number of carboxylic acids is 1. The van der Waals surface area contributed by atoms with Crippen LogP contribution in [0.15, 0.2) is 24.3 Å². The summed E-state index contributed by atoms with van der Waals surface area (Å²) in [4.78, 5) is 37.8. The van der Waals surface area contributed by atoms with Crippen molar-refractivity contribution in [1.29, 1.82) is 0 Å². The van der Waals surface area contributed by atoms with E-state index >= 15 is 0 Å². The normalized spacial score (nSPS) is 16.7. The van der Waals surface area contributed by atoms with Crippen molar-refractivity contribution in [2.75, 3.05) is 0 Å². The van der Waals surface area contributed by atoms with Crippen LogP contribution in [0.1, 0.15) is 43.6 Å². The lowest BCUT2D eigenvalue weighted by Crippen LogP contribution is -2.56. The van der Waals surface area contributed by atoms with Crippen molar-refractivity contribution >= 4 is 17.8 Å². The van der Waals surface area contributed by atoms with Crippen molar-refractivity contribution in [1.82, 2.24) is 10.2 Å². The molecule has 1 heterocycles. The average molecular weight is 318 g/mol. The Kier molecular flexibility index (Phi) is 4.45. The first-order valence-electron chi connectivity index (χ1n) is 7.55. The second-order valence-corrected chi connectivity index (χ2v) is 6.93. The molecule has 1 aliphatic heterocycles. The zero-order valence-corrected chi connectivity index (χ0v) is 13.8. The summed E-state index contributed by atoms with van der Waals surface area (Å²) in [7, 11) is 0. The highest BCUT2D eigenvalue weighted by molar-refractivity contribution is 6.01. The fourth-order valence-corrected chi connectivity index (χ4v) is 2.84. The molecule has 2 amide bonds. The minimum atomic E-state index is -1.11. The number of hydrogen-bond acceptors (Lipinski definition) is 3. The van der Waals surface area contributed by atoms with E-state index in [1.54, 1.807) is 12.1 Å². The highest BCUT2D eigenvalue weighted by Crippen LogP contribution is 2.32. The van der Waals surface area contributed by atoms with Gasteiger partial charge in [-0.2, -0.15) is 0 Å². The summed E-state index contributed by atoms with van der Waals surface area (Å²) in [5.41, 5.74) is 0.951. The SMILES string of the molecule is C[C@H](NC(=O)[C@@H](N1Cc2ccccc2C1=O)C(C)(C)C)C(=O)O. The monoisotopic (exact) mass is 318 g/mol. The molecule has 0 spiro atoms. The molecule has 0 radical (unpaired) electrons. The number of nitrogens with zero attached hydrogens (tertiary/aromatic N) is 1. The predicted molar refractivity (Wildman–Crippen MR) is 84.8 cm³/mol. The molecular formula is C17H22N2O4. The van der Waals surface area contributed by atoms with Crippen LogP contribution in [0.3, 0.4) is 0 Å². The molecule has 1 aliphatic rings. The Hall–Kier alpha value is -2.37. The fourth-order valence-electron chi connectivity index (χ4n) is 2.84. The molecule has 124 valence electrons. The minimum Gasteiger partial charge on any atom is -0.480 e. The van der Waals surface area contributed by atoms with Crippen LogP contribution < -0.4 is 5.32 Å². The molecule has 0 saturated heterocycles. The van der Waals surface area contributed by atoms with Crippen molar-refractivity contribution in [3.05, 3.63) is 35.4 Å². The largest absolute Gasteiger partial charge is 0.480 e. The molecule has 0 aliphatic carbocycles. The van der Waals surface area contributed by atoms with Crippen molar-refractivity contribution in [2.24, 2.45) is 5.41 Å².